The molecule has 2 amide bonds. The molecule has 1 aromatic carbocycles. The number of benzene rings is 1. The number of aryl methyl sites for hydroxylation is 1. The Bertz CT molecular complexity index is 862. The van der Waals surface area contributed by atoms with Crippen molar-refractivity contribution in [1.29, 1.82) is 0 Å². The minimum absolute atomic E-state index is 0.0859. The lowest BCUT2D eigenvalue weighted by Crippen LogP contribution is -2.45. The number of nitrogens with zero attached hydrogens (tertiary/aromatic N) is 2. The molecule has 1 aliphatic rings. The van der Waals surface area contributed by atoms with Gasteiger partial charge in [-0.05, 0) is 25.0 Å². The number of nitrogens with one attached hydrogen (secondary N) is 2. The van der Waals surface area contributed by atoms with Gasteiger partial charge in [-0.25, -0.2) is 0 Å². The molecule has 0 saturated heterocycles. The Morgan fingerprint density at radius 3 is 2.59 bits per heavy atom. The third-order valence-corrected chi connectivity index (χ3v) is 5.55. The van der Waals surface area contributed by atoms with Crippen molar-refractivity contribution in [2.75, 3.05) is 13.2 Å². The lowest BCUT2D eigenvalue weighted by atomic mass is 9.89. The van der Waals surface area contributed by atoms with Crippen LogP contribution in [0.3, 0.4) is 0 Å². The van der Waals surface area contributed by atoms with Gasteiger partial charge in [-0.3, -0.25) is 9.59 Å². The van der Waals surface area contributed by atoms with Gasteiger partial charge in [-0.15, -0.1) is 0 Å². The van der Waals surface area contributed by atoms with Gasteiger partial charge >= 0.3 is 0 Å². The van der Waals surface area contributed by atoms with Gasteiger partial charge < -0.3 is 25.0 Å². The van der Waals surface area contributed by atoms with Gasteiger partial charge in [0.15, 0.2) is 5.82 Å². The average molecular weight is 445 g/mol. The molecule has 1 fully saturated rings. The summed E-state index contributed by atoms with van der Waals surface area (Å²) in [4.78, 5) is 28.4. The zero-order valence-electron chi connectivity index (χ0n) is 18.5. The Morgan fingerprint density at radius 1 is 1.19 bits per heavy atom. The zero-order chi connectivity index (χ0) is 22.8. The van der Waals surface area contributed by atoms with Crippen molar-refractivity contribution in [3.8, 4) is 5.75 Å². The van der Waals surface area contributed by atoms with Crippen LogP contribution >= 0.6 is 0 Å². The van der Waals surface area contributed by atoms with E-state index in [1.165, 1.54) is 6.92 Å². The summed E-state index contributed by atoms with van der Waals surface area (Å²) in [6, 6.07) is 9.18. The van der Waals surface area contributed by atoms with Crippen LogP contribution in [0.25, 0.3) is 0 Å². The Balaban J connectivity index is 1.45. The molecule has 174 valence electrons. The zero-order valence-corrected chi connectivity index (χ0v) is 18.5. The third-order valence-electron chi connectivity index (χ3n) is 5.55. The maximum atomic E-state index is 12.1. The van der Waals surface area contributed by atoms with Crippen molar-refractivity contribution in [3.05, 3.63) is 42.0 Å². The van der Waals surface area contributed by atoms with Crippen LogP contribution < -0.4 is 15.4 Å². The first-order valence-corrected chi connectivity index (χ1v) is 11.2. The number of aromatic nitrogens is 2. The fourth-order valence-electron chi connectivity index (χ4n) is 3.93. The highest BCUT2D eigenvalue weighted by Gasteiger charge is 2.38. The summed E-state index contributed by atoms with van der Waals surface area (Å²) < 4.78 is 10.8. The van der Waals surface area contributed by atoms with Gasteiger partial charge in [0, 0.05) is 26.3 Å². The third kappa shape index (κ3) is 7.05. The minimum atomic E-state index is -0.818. The molecule has 1 heterocycles. The highest BCUT2D eigenvalue weighted by molar-refractivity contribution is 5.76. The molecule has 1 saturated carbocycles. The van der Waals surface area contributed by atoms with Crippen LogP contribution in [0.1, 0.15) is 63.6 Å². The van der Waals surface area contributed by atoms with Crippen molar-refractivity contribution in [1.82, 2.24) is 20.8 Å². The van der Waals surface area contributed by atoms with Crippen LogP contribution in [0.2, 0.25) is 0 Å². The predicted octanol–water partition coefficient (Wildman–Crippen LogP) is 2.24. The number of hydrogen-bond acceptors (Lipinski definition) is 7. The molecule has 3 rings (SSSR count). The number of hydrogen-bond donors (Lipinski definition) is 3. The molecule has 9 heteroatoms. The molecule has 0 bridgehead atoms. The molecular weight excluding hydrogens is 412 g/mol. The second-order valence-corrected chi connectivity index (χ2v) is 8.27. The van der Waals surface area contributed by atoms with E-state index in [1.54, 1.807) is 12.1 Å². The predicted molar refractivity (Wildman–Crippen MR) is 117 cm³/mol. The highest BCUT2D eigenvalue weighted by atomic mass is 16.5. The summed E-state index contributed by atoms with van der Waals surface area (Å²) in [5.74, 6) is 1.16. The van der Waals surface area contributed by atoms with E-state index in [1.807, 2.05) is 18.2 Å². The van der Waals surface area contributed by atoms with Crippen molar-refractivity contribution in [2.45, 2.75) is 69.9 Å². The number of carbonyl (C=O) groups is 2. The van der Waals surface area contributed by atoms with Crippen LogP contribution in [0, 0.1) is 0 Å². The average Bonchev–Trinajstić information content (AvgIpc) is 3.15. The number of rotatable bonds is 10. The van der Waals surface area contributed by atoms with Crippen molar-refractivity contribution in [2.24, 2.45) is 0 Å². The van der Waals surface area contributed by atoms with E-state index < -0.39 is 11.6 Å². The van der Waals surface area contributed by atoms with Gasteiger partial charge in [0.1, 0.15) is 24.0 Å². The molecule has 2 aromatic rings. The van der Waals surface area contributed by atoms with Crippen molar-refractivity contribution >= 4 is 11.8 Å². The molecule has 0 spiro atoms. The van der Waals surface area contributed by atoms with E-state index >= 15 is 0 Å². The van der Waals surface area contributed by atoms with Gasteiger partial charge in [0.05, 0.1) is 0 Å². The second-order valence-electron chi connectivity index (χ2n) is 8.27. The second kappa shape index (κ2) is 11.6. The first-order chi connectivity index (χ1) is 15.5. The Morgan fingerprint density at radius 2 is 1.91 bits per heavy atom. The number of para-hydroxylation sites is 1. The van der Waals surface area contributed by atoms with E-state index in [-0.39, 0.29) is 37.8 Å². The summed E-state index contributed by atoms with van der Waals surface area (Å²) in [6.07, 6.45) is 5.38. The van der Waals surface area contributed by atoms with E-state index in [2.05, 4.69) is 20.8 Å². The first-order valence-electron chi connectivity index (χ1n) is 11.2. The summed E-state index contributed by atoms with van der Waals surface area (Å²) >= 11 is 0. The molecule has 0 aliphatic heterocycles. The molecule has 1 unspecified atom stereocenters. The van der Waals surface area contributed by atoms with Crippen LogP contribution in [0.4, 0.5) is 0 Å². The summed E-state index contributed by atoms with van der Waals surface area (Å²) in [5, 5.41) is 19.9. The van der Waals surface area contributed by atoms with Crippen LogP contribution in [-0.2, 0) is 21.5 Å². The maximum absolute atomic E-state index is 12.1. The van der Waals surface area contributed by atoms with Gasteiger partial charge in [0.2, 0.25) is 17.7 Å². The standard InChI is InChI=1S/C23H32N4O5/c1-17(28)26-23(13-7-2-3-8-14-23)22-25-21(32-27-22)12-11-20(30)24-15-18(29)16-31-19-9-5-4-6-10-19/h4-6,9-10,18,29H,2-3,7-8,11-16H2,1H3,(H,24,30)(H,26,28). The van der Waals surface area contributed by atoms with E-state index in [0.717, 1.165) is 38.5 Å². The van der Waals surface area contributed by atoms with E-state index in [9.17, 15) is 14.7 Å². The number of aliphatic hydroxyl groups is 1. The normalized spacial score (nSPS) is 16.6. The summed E-state index contributed by atoms with van der Waals surface area (Å²) in [6.45, 7) is 1.67. The number of aliphatic hydroxyl groups excluding tert-OH is 1. The van der Waals surface area contributed by atoms with E-state index in [4.69, 9.17) is 9.26 Å². The Hall–Kier alpha value is -2.94. The quantitative estimate of drug-likeness (QED) is 0.480. The molecule has 9 nitrogen and oxygen atoms in total. The van der Waals surface area contributed by atoms with Crippen molar-refractivity contribution < 1.29 is 24.0 Å². The van der Waals surface area contributed by atoms with Crippen LogP contribution in [0.5, 0.6) is 5.75 Å². The molecule has 1 aromatic heterocycles. The number of carbonyl (C=O) groups excluding carboxylic acids is 2. The topological polar surface area (TPSA) is 127 Å². The molecule has 3 N–H and O–H groups in total. The number of amides is 2. The molecule has 32 heavy (non-hydrogen) atoms. The monoisotopic (exact) mass is 444 g/mol. The molecule has 0 radical (unpaired) electrons. The molecular formula is C23H32N4O5. The minimum Gasteiger partial charge on any atom is -0.491 e. The largest absolute Gasteiger partial charge is 0.491 e. The highest BCUT2D eigenvalue weighted by Crippen LogP contribution is 2.34. The van der Waals surface area contributed by atoms with Gasteiger partial charge in [-0.2, -0.15) is 4.98 Å². The fraction of sp³-hybridized carbons (Fsp3) is 0.565. The maximum Gasteiger partial charge on any atom is 0.227 e. The Labute approximate surface area is 187 Å². The van der Waals surface area contributed by atoms with Gasteiger partial charge in [-0.1, -0.05) is 49.0 Å². The smallest absolute Gasteiger partial charge is 0.227 e. The van der Waals surface area contributed by atoms with E-state index in [0.29, 0.717) is 17.5 Å². The summed E-state index contributed by atoms with van der Waals surface area (Å²) in [7, 11) is 0. The van der Waals surface area contributed by atoms with Crippen LogP contribution in [-0.4, -0.2) is 46.3 Å². The lowest BCUT2D eigenvalue weighted by molar-refractivity contribution is -0.122. The van der Waals surface area contributed by atoms with Crippen LogP contribution in [0.15, 0.2) is 34.9 Å². The fourth-order valence-corrected chi connectivity index (χ4v) is 3.93. The summed E-state index contributed by atoms with van der Waals surface area (Å²) in [5.41, 5.74) is -0.602. The molecule has 1 atom stereocenters. The lowest BCUT2D eigenvalue weighted by Gasteiger charge is -2.30. The SMILES string of the molecule is CC(=O)NC1(c2noc(CCC(=O)NCC(O)COc3ccccc3)n2)CCCCCC1. The molecule has 1 aliphatic carbocycles. The van der Waals surface area contributed by atoms with Crippen molar-refractivity contribution in [3.63, 3.8) is 0 Å². The number of ether oxygens (including phenoxy) is 1. The van der Waals surface area contributed by atoms with Gasteiger partial charge in [0.25, 0.3) is 0 Å². The Kier molecular flexibility index (Phi) is 8.61. The first kappa shape index (κ1) is 23.7.